The summed E-state index contributed by atoms with van der Waals surface area (Å²) in [4.78, 5) is 12.0. The number of nitrogens with one attached hydrogen (secondary N) is 1. The Morgan fingerprint density at radius 3 is 2.55 bits per heavy atom. The molecule has 2 atom stereocenters. The fourth-order valence-corrected chi connectivity index (χ4v) is 3.13. The highest BCUT2D eigenvalue weighted by atomic mass is 16.3. The summed E-state index contributed by atoms with van der Waals surface area (Å²) in [6.45, 7) is 2.45. The molecule has 4 N–H and O–H groups in total. The molecule has 0 saturated heterocycles. The maximum Gasteiger partial charge on any atom is 0.250 e. The Balaban J connectivity index is 1.76. The second-order valence-corrected chi connectivity index (χ2v) is 6.55. The minimum absolute atomic E-state index is 0.371. The Labute approximate surface area is 133 Å². The number of aliphatic hydroxyl groups excluding tert-OH is 1. The maximum atomic E-state index is 12.0. The smallest absolute Gasteiger partial charge is 0.250 e. The first-order chi connectivity index (χ1) is 10.6. The summed E-state index contributed by atoms with van der Waals surface area (Å²) in [7, 11) is 0. The zero-order valence-corrected chi connectivity index (χ0v) is 13.4. The van der Waals surface area contributed by atoms with Crippen molar-refractivity contribution in [2.24, 2.45) is 11.7 Å². The van der Waals surface area contributed by atoms with Gasteiger partial charge in [-0.3, -0.25) is 4.79 Å². The summed E-state index contributed by atoms with van der Waals surface area (Å²) in [6, 6.07) is 7.49. The first-order valence-corrected chi connectivity index (χ1v) is 8.33. The number of hydrogen-bond acceptors (Lipinski definition) is 3. The van der Waals surface area contributed by atoms with Crippen molar-refractivity contribution in [2.45, 2.75) is 64.1 Å². The highest BCUT2D eigenvalue weighted by Crippen LogP contribution is 2.27. The fourth-order valence-electron chi connectivity index (χ4n) is 3.13. The monoisotopic (exact) mass is 304 g/mol. The molecular weight excluding hydrogens is 276 g/mol. The Bertz CT molecular complexity index is 466. The topological polar surface area (TPSA) is 75.3 Å². The molecule has 1 fully saturated rings. The molecule has 0 radical (unpaired) electrons. The molecule has 0 heterocycles. The van der Waals surface area contributed by atoms with Gasteiger partial charge < -0.3 is 16.2 Å². The van der Waals surface area contributed by atoms with Gasteiger partial charge in [-0.05, 0) is 24.8 Å². The van der Waals surface area contributed by atoms with Crippen LogP contribution in [-0.4, -0.2) is 23.2 Å². The molecule has 1 unspecified atom stereocenters. The normalized spacial score (nSPS) is 18.7. The van der Waals surface area contributed by atoms with Gasteiger partial charge in [0.05, 0.1) is 0 Å². The van der Waals surface area contributed by atoms with Crippen LogP contribution in [0.3, 0.4) is 0 Å². The molecule has 0 aromatic heterocycles. The predicted molar refractivity (Wildman–Crippen MR) is 88.2 cm³/mol. The molecule has 2 rings (SSSR count). The van der Waals surface area contributed by atoms with Gasteiger partial charge >= 0.3 is 0 Å². The van der Waals surface area contributed by atoms with E-state index in [1.807, 2.05) is 31.2 Å². The number of benzene rings is 1. The van der Waals surface area contributed by atoms with Gasteiger partial charge in [-0.15, -0.1) is 0 Å². The second kappa shape index (κ2) is 8.30. The van der Waals surface area contributed by atoms with Gasteiger partial charge in [0, 0.05) is 12.6 Å². The Kier molecular flexibility index (Phi) is 6.40. The number of nitrogens with two attached hydrogens (primary N) is 1. The van der Waals surface area contributed by atoms with Gasteiger partial charge in [0.15, 0.2) is 0 Å². The van der Waals surface area contributed by atoms with Crippen molar-refractivity contribution in [3.05, 3.63) is 35.4 Å². The molecule has 4 nitrogen and oxygen atoms in total. The largest absolute Gasteiger partial charge is 0.382 e. The van der Waals surface area contributed by atoms with Gasteiger partial charge in [-0.1, -0.05) is 61.9 Å². The minimum Gasteiger partial charge on any atom is -0.382 e. The summed E-state index contributed by atoms with van der Waals surface area (Å²) in [6.07, 6.45) is 5.74. The summed E-state index contributed by atoms with van der Waals surface area (Å²) < 4.78 is 0. The van der Waals surface area contributed by atoms with E-state index in [0.717, 1.165) is 12.0 Å². The third kappa shape index (κ3) is 5.11. The molecule has 0 spiro atoms. The lowest BCUT2D eigenvalue weighted by atomic mass is 9.84. The van der Waals surface area contributed by atoms with E-state index in [-0.39, 0.29) is 5.91 Å². The molecule has 1 saturated carbocycles. The highest BCUT2D eigenvalue weighted by Gasteiger charge is 2.26. The molecule has 1 aromatic carbocycles. The van der Waals surface area contributed by atoms with Crippen molar-refractivity contribution >= 4 is 5.91 Å². The molecule has 0 aliphatic heterocycles. The van der Waals surface area contributed by atoms with E-state index in [2.05, 4.69) is 5.32 Å². The number of carbonyl (C=O) groups excluding carboxylic acids is 1. The van der Waals surface area contributed by atoms with E-state index >= 15 is 0 Å². The summed E-state index contributed by atoms with van der Waals surface area (Å²) in [5, 5.41) is 12.9. The van der Waals surface area contributed by atoms with Crippen molar-refractivity contribution in [1.82, 2.24) is 5.32 Å². The van der Waals surface area contributed by atoms with E-state index in [0.29, 0.717) is 12.5 Å². The van der Waals surface area contributed by atoms with Gasteiger partial charge in [-0.25, -0.2) is 0 Å². The number of carbonyl (C=O) groups is 1. The quantitative estimate of drug-likeness (QED) is 0.754. The van der Waals surface area contributed by atoms with Gasteiger partial charge in [-0.2, -0.15) is 0 Å². The van der Waals surface area contributed by atoms with Crippen LogP contribution < -0.4 is 11.1 Å². The maximum absolute atomic E-state index is 12.0. The molecule has 4 heteroatoms. The van der Waals surface area contributed by atoms with Crippen molar-refractivity contribution in [2.75, 3.05) is 0 Å². The van der Waals surface area contributed by atoms with Crippen LogP contribution in [0.1, 0.15) is 49.7 Å². The van der Waals surface area contributed by atoms with Crippen LogP contribution in [0.5, 0.6) is 0 Å². The first-order valence-electron chi connectivity index (χ1n) is 8.33. The molecule has 122 valence electrons. The second-order valence-electron chi connectivity index (χ2n) is 6.55. The average Bonchev–Trinajstić information content (AvgIpc) is 2.54. The van der Waals surface area contributed by atoms with Gasteiger partial charge in [0.1, 0.15) is 6.10 Å². The Morgan fingerprint density at radius 1 is 1.27 bits per heavy atom. The van der Waals surface area contributed by atoms with Crippen LogP contribution in [0, 0.1) is 12.8 Å². The van der Waals surface area contributed by atoms with E-state index < -0.39 is 12.1 Å². The van der Waals surface area contributed by atoms with Crippen LogP contribution in [0.15, 0.2) is 24.3 Å². The number of hydrogen-bond donors (Lipinski definition) is 3. The van der Waals surface area contributed by atoms with Gasteiger partial charge in [0.25, 0.3) is 5.91 Å². The number of aryl methyl sites for hydroxylation is 1. The van der Waals surface area contributed by atoms with Gasteiger partial charge in [0.2, 0.25) is 0 Å². The highest BCUT2D eigenvalue weighted by molar-refractivity contribution is 5.81. The van der Waals surface area contributed by atoms with E-state index in [1.54, 1.807) is 0 Å². The zero-order valence-electron chi connectivity index (χ0n) is 13.4. The summed E-state index contributed by atoms with van der Waals surface area (Å²) in [5.74, 6) is 0.187. The fraction of sp³-hybridized carbons (Fsp3) is 0.611. The van der Waals surface area contributed by atoms with Crippen LogP contribution in [-0.2, 0) is 11.3 Å². The molecule has 22 heavy (non-hydrogen) atoms. The molecular formula is C18H28N2O2. The van der Waals surface area contributed by atoms with E-state index in [4.69, 9.17) is 5.73 Å². The average molecular weight is 304 g/mol. The third-order valence-corrected chi connectivity index (χ3v) is 4.59. The van der Waals surface area contributed by atoms with Crippen LogP contribution >= 0.6 is 0 Å². The van der Waals surface area contributed by atoms with Crippen molar-refractivity contribution in [3.8, 4) is 0 Å². The molecule has 1 amide bonds. The van der Waals surface area contributed by atoms with Crippen LogP contribution in [0.25, 0.3) is 0 Å². The SMILES string of the molecule is Cc1ccc(CNC(=O)C(O)[C@H](N)CC2CCCCC2)cc1. The molecule has 1 aromatic rings. The van der Waals surface area contributed by atoms with Crippen LogP contribution in [0.4, 0.5) is 0 Å². The lowest BCUT2D eigenvalue weighted by Gasteiger charge is -2.26. The number of aliphatic hydroxyl groups is 1. The molecule has 1 aliphatic carbocycles. The Hall–Kier alpha value is -1.39. The molecule has 0 bridgehead atoms. The van der Waals surface area contributed by atoms with Crippen LogP contribution in [0.2, 0.25) is 0 Å². The third-order valence-electron chi connectivity index (χ3n) is 4.59. The lowest BCUT2D eigenvalue weighted by Crippen LogP contribution is -2.47. The lowest BCUT2D eigenvalue weighted by molar-refractivity contribution is -0.130. The zero-order chi connectivity index (χ0) is 15.9. The Morgan fingerprint density at radius 2 is 1.91 bits per heavy atom. The van der Waals surface area contributed by atoms with E-state index in [9.17, 15) is 9.90 Å². The van der Waals surface area contributed by atoms with Crippen molar-refractivity contribution in [1.29, 1.82) is 0 Å². The first kappa shape index (κ1) is 17.0. The minimum atomic E-state index is -1.12. The summed E-state index contributed by atoms with van der Waals surface area (Å²) >= 11 is 0. The van der Waals surface area contributed by atoms with Crippen molar-refractivity contribution < 1.29 is 9.90 Å². The predicted octanol–water partition coefficient (Wildman–Crippen LogP) is 2.27. The number of amides is 1. The number of rotatable bonds is 6. The molecule has 1 aliphatic rings. The standard InChI is InChI=1S/C18H28N2O2/c1-13-7-9-15(10-8-13)12-20-18(22)17(21)16(19)11-14-5-3-2-4-6-14/h7-10,14,16-17,21H,2-6,11-12,19H2,1H3,(H,20,22)/t16-,17?/m1/s1. The van der Waals surface area contributed by atoms with Crippen molar-refractivity contribution in [3.63, 3.8) is 0 Å². The summed E-state index contributed by atoms with van der Waals surface area (Å²) in [5.41, 5.74) is 8.23. The van der Waals surface area contributed by atoms with E-state index in [1.165, 1.54) is 37.7 Å².